The molecule has 0 spiro atoms. The van der Waals surface area contributed by atoms with Crippen LogP contribution in [0.25, 0.3) is 0 Å². The van der Waals surface area contributed by atoms with E-state index < -0.39 is 10.7 Å². The van der Waals surface area contributed by atoms with Gasteiger partial charge in [-0.2, -0.15) is 0 Å². The highest BCUT2D eigenvalue weighted by molar-refractivity contribution is 6.53. The second kappa shape index (κ2) is 9.47. The van der Waals surface area contributed by atoms with Gasteiger partial charge >= 0.3 is 0 Å². The first-order valence-electron chi connectivity index (χ1n) is 6.91. The van der Waals surface area contributed by atoms with E-state index in [9.17, 15) is 4.79 Å². The minimum absolute atomic E-state index is 0.220. The topological polar surface area (TPSA) is 60.4 Å². The molecule has 23 heavy (non-hydrogen) atoms. The van der Waals surface area contributed by atoms with Crippen LogP contribution < -0.4 is 9.47 Å². The first-order chi connectivity index (χ1) is 10.9. The summed E-state index contributed by atoms with van der Waals surface area (Å²) in [6.07, 6.45) is 0. The summed E-state index contributed by atoms with van der Waals surface area (Å²) in [6.45, 7) is 4.05. The molecule has 1 amide bonds. The van der Waals surface area contributed by atoms with Crippen molar-refractivity contribution in [3.05, 3.63) is 23.8 Å². The summed E-state index contributed by atoms with van der Waals surface area (Å²) in [5, 5.41) is 3.87. The van der Waals surface area contributed by atoms with Crippen LogP contribution in [-0.4, -0.2) is 42.3 Å². The van der Waals surface area contributed by atoms with E-state index in [1.807, 2.05) is 6.07 Å². The number of amidine groups is 1. The zero-order valence-electron chi connectivity index (χ0n) is 13.5. The lowest BCUT2D eigenvalue weighted by molar-refractivity contribution is -0.126. The summed E-state index contributed by atoms with van der Waals surface area (Å²) < 4.78 is 10.4. The highest BCUT2D eigenvalue weighted by Gasteiger charge is 2.23. The van der Waals surface area contributed by atoms with Gasteiger partial charge in [0.2, 0.25) is 0 Å². The van der Waals surface area contributed by atoms with Crippen LogP contribution in [0, 0.1) is 0 Å². The summed E-state index contributed by atoms with van der Waals surface area (Å²) in [5.41, 5.74) is 0.802. The fourth-order valence-electron chi connectivity index (χ4n) is 1.84. The summed E-state index contributed by atoms with van der Waals surface area (Å²) in [5.74, 6) is 1.04. The second-order valence-corrected chi connectivity index (χ2v) is 5.57. The van der Waals surface area contributed by atoms with Crippen molar-refractivity contribution in [3.8, 4) is 11.5 Å². The zero-order valence-corrected chi connectivity index (χ0v) is 15.0. The van der Waals surface area contributed by atoms with Gasteiger partial charge in [0.05, 0.1) is 20.8 Å². The first-order valence-corrected chi connectivity index (χ1v) is 7.78. The Kier molecular flexibility index (Phi) is 7.98. The Labute approximate surface area is 145 Å². The van der Waals surface area contributed by atoms with Crippen LogP contribution in [0.15, 0.2) is 23.4 Å². The maximum atomic E-state index is 12.2. The van der Waals surface area contributed by atoms with Crippen molar-refractivity contribution in [1.29, 1.82) is 0 Å². The van der Waals surface area contributed by atoms with E-state index in [2.05, 4.69) is 5.16 Å². The standard InChI is InChI=1S/C15H20Cl2N2O4/c1-5-23-18-10(2)19(15(20)14(16)17)9-11-6-7-12(21-3)13(8-11)22-4/h6-8,14H,5,9H2,1-4H3/b18-10-. The number of carbonyl (C=O) groups excluding carboxylic acids is 1. The van der Waals surface area contributed by atoms with Crippen LogP contribution in [0.2, 0.25) is 0 Å². The Morgan fingerprint density at radius 2 is 1.91 bits per heavy atom. The van der Waals surface area contributed by atoms with E-state index in [1.165, 1.54) is 4.90 Å². The maximum absolute atomic E-state index is 12.2. The van der Waals surface area contributed by atoms with E-state index in [0.717, 1.165) is 5.56 Å². The molecule has 0 heterocycles. The van der Waals surface area contributed by atoms with E-state index in [1.54, 1.807) is 40.2 Å². The molecule has 0 radical (unpaired) electrons. The van der Waals surface area contributed by atoms with Crippen molar-refractivity contribution in [2.24, 2.45) is 5.16 Å². The lowest BCUT2D eigenvalue weighted by atomic mass is 10.2. The molecule has 0 aliphatic carbocycles. The fraction of sp³-hybridized carbons (Fsp3) is 0.467. The quantitative estimate of drug-likeness (QED) is 0.323. The molecule has 128 valence electrons. The molecule has 0 aromatic heterocycles. The molecule has 8 heteroatoms. The third-order valence-corrected chi connectivity index (χ3v) is 3.33. The number of hydrogen-bond acceptors (Lipinski definition) is 5. The van der Waals surface area contributed by atoms with Crippen LogP contribution in [0.4, 0.5) is 0 Å². The van der Waals surface area contributed by atoms with Gasteiger partial charge in [0.15, 0.2) is 16.3 Å². The van der Waals surface area contributed by atoms with Crippen molar-refractivity contribution < 1.29 is 19.1 Å². The molecule has 0 unspecified atom stereocenters. The minimum Gasteiger partial charge on any atom is -0.493 e. The number of alkyl halides is 2. The Balaban J connectivity index is 3.07. The monoisotopic (exact) mass is 362 g/mol. The predicted octanol–water partition coefficient (Wildman–Crippen LogP) is 3.21. The van der Waals surface area contributed by atoms with E-state index in [0.29, 0.717) is 23.9 Å². The van der Waals surface area contributed by atoms with Crippen LogP contribution in [-0.2, 0) is 16.2 Å². The molecule has 0 bridgehead atoms. The van der Waals surface area contributed by atoms with Gasteiger partial charge in [-0.3, -0.25) is 9.69 Å². The van der Waals surface area contributed by atoms with Crippen LogP contribution in [0.3, 0.4) is 0 Å². The van der Waals surface area contributed by atoms with Crippen molar-refractivity contribution in [1.82, 2.24) is 4.90 Å². The van der Waals surface area contributed by atoms with Crippen molar-refractivity contribution >= 4 is 34.9 Å². The molecule has 0 aliphatic heterocycles. The molecule has 0 saturated carbocycles. The summed E-state index contributed by atoms with van der Waals surface area (Å²) in [6, 6.07) is 5.34. The van der Waals surface area contributed by atoms with Gasteiger partial charge in [0.25, 0.3) is 5.91 Å². The average molecular weight is 363 g/mol. The third kappa shape index (κ3) is 5.48. The van der Waals surface area contributed by atoms with Crippen LogP contribution in [0.1, 0.15) is 19.4 Å². The van der Waals surface area contributed by atoms with Crippen LogP contribution in [0.5, 0.6) is 11.5 Å². The molecule has 0 atom stereocenters. The van der Waals surface area contributed by atoms with Gasteiger partial charge < -0.3 is 14.3 Å². The van der Waals surface area contributed by atoms with Crippen LogP contribution >= 0.6 is 23.2 Å². The maximum Gasteiger partial charge on any atom is 0.261 e. The second-order valence-electron chi connectivity index (χ2n) is 4.47. The molecule has 0 fully saturated rings. The molecular formula is C15H20Cl2N2O4. The number of halogens is 2. The largest absolute Gasteiger partial charge is 0.493 e. The number of carbonyl (C=O) groups is 1. The molecule has 1 aromatic rings. The van der Waals surface area contributed by atoms with Crippen molar-refractivity contribution in [3.63, 3.8) is 0 Å². The third-order valence-electron chi connectivity index (χ3n) is 2.96. The summed E-state index contributed by atoms with van der Waals surface area (Å²) in [7, 11) is 3.09. The minimum atomic E-state index is -1.19. The molecule has 1 rings (SSSR count). The number of methoxy groups -OCH3 is 2. The van der Waals surface area contributed by atoms with Crippen molar-refractivity contribution in [2.75, 3.05) is 20.8 Å². The molecule has 1 aromatic carbocycles. The number of amides is 1. The Morgan fingerprint density at radius 3 is 2.43 bits per heavy atom. The molecule has 0 saturated heterocycles. The van der Waals surface area contributed by atoms with Gasteiger partial charge in [0, 0.05) is 0 Å². The zero-order chi connectivity index (χ0) is 17.4. The molecular weight excluding hydrogens is 343 g/mol. The average Bonchev–Trinajstić information content (AvgIpc) is 2.56. The van der Waals surface area contributed by atoms with Gasteiger partial charge in [0.1, 0.15) is 12.4 Å². The number of benzene rings is 1. The molecule has 0 aliphatic rings. The number of nitrogens with zero attached hydrogens (tertiary/aromatic N) is 2. The lowest BCUT2D eigenvalue weighted by Gasteiger charge is -2.23. The SMILES string of the molecule is CCO/N=C(/C)N(Cc1ccc(OC)c(OC)c1)C(=O)C(Cl)Cl. The van der Waals surface area contributed by atoms with E-state index in [4.69, 9.17) is 37.5 Å². The van der Waals surface area contributed by atoms with Gasteiger partial charge in [-0.25, -0.2) is 0 Å². The number of oxime groups is 1. The van der Waals surface area contributed by atoms with Gasteiger partial charge in [-0.05, 0) is 31.5 Å². The Hall–Kier alpha value is -1.66. The molecule has 0 N–H and O–H groups in total. The van der Waals surface area contributed by atoms with Crippen molar-refractivity contribution in [2.45, 2.75) is 25.2 Å². The lowest BCUT2D eigenvalue weighted by Crippen LogP contribution is -2.38. The first kappa shape index (κ1) is 19.4. The Bertz CT molecular complexity index is 564. The van der Waals surface area contributed by atoms with Gasteiger partial charge in [-0.15, -0.1) is 0 Å². The highest BCUT2D eigenvalue weighted by Crippen LogP contribution is 2.28. The Morgan fingerprint density at radius 1 is 1.26 bits per heavy atom. The highest BCUT2D eigenvalue weighted by atomic mass is 35.5. The fourth-order valence-corrected chi connectivity index (χ4v) is 2.07. The summed E-state index contributed by atoms with van der Waals surface area (Å²) >= 11 is 11.4. The molecule has 6 nitrogen and oxygen atoms in total. The van der Waals surface area contributed by atoms with E-state index in [-0.39, 0.29) is 6.54 Å². The normalized spacial score (nSPS) is 11.3. The summed E-state index contributed by atoms with van der Waals surface area (Å²) in [4.78, 5) is 17.3. The predicted molar refractivity (Wildman–Crippen MR) is 90.3 cm³/mol. The van der Waals surface area contributed by atoms with E-state index >= 15 is 0 Å². The number of hydrogen-bond donors (Lipinski definition) is 0. The number of ether oxygens (including phenoxy) is 2. The number of rotatable bonds is 7. The smallest absolute Gasteiger partial charge is 0.261 e. The van der Waals surface area contributed by atoms with Gasteiger partial charge in [-0.1, -0.05) is 34.4 Å².